The Hall–Kier alpha value is -1.96. The first-order chi connectivity index (χ1) is 8.73. The fourth-order valence-electron chi connectivity index (χ4n) is 1.56. The molecule has 0 aliphatic heterocycles. The van der Waals surface area contributed by atoms with E-state index in [9.17, 15) is 23.3 Å². The smallest absolute Gasteiger partial charge is 0.307 e. The Bertz CT molecular complexity index is 595. The summed E-state index contributed by atoms with van der Waals surface area (Å²) in [7, 11) is -3.72. The van der Waals surface area contributed by atoms with Gasteiger partial charge in [0.2, 0.25) is 0 Å². The van der Waals surface area contributed by atoms with Crippen LogP contribution < -0.4 is 0 Å². The van der Waals surface area contributed by atoms with Gasteiger partial charge in [-0.15, -0.1) is 0 Å². The largest absolute Gasteiger partial charge is 0.481 e. The molecule has 7 nitrogen and oxygen atoms in total. The molecule has 8 heteroatoms. The maximum atomic E-state index is 11.8. The number of carbonyl (C=O) groups is 1. The maximum absolute atomic E-state index is 11.8. The Kier molecular flexibility index (Phi) is 4.60. The molecule has 1 N–H and O–H groups in total. The number of nitrogens with zero attached hydrogens (tertiary/aromatic N) is 1. The summed E-state index contributed by atoms with van der Waals surface area (Å²) < 4.78 is 23.6. The second-order valence-corrected chi connectivity index (χ2v) is 6.29. The summed E-state index contributed by atoms with van der Waals surface area (Å²) in [6.45, 7) is 1.28. The van der Waals surface area contributed by atoms with Gasteiger partial charge in [-0.3, -0.25) is 14.9 Å². The molecule has 104 valence electrons. The lowest BCUT2D eigenvalue weighted by atomic mass is 10.2. The number of nitro groups is 1. The summed E-state index contributed by atoms with van der Waals surface area (Å²) in [5.41, 5.74) is -0.223. The summed E-state index contributed by atoms with van der Waals surface area (Å²) in [6, 6.07) is 5.50. The minimum atomic E-state index is -3.72. The van der Waals surface area contributed by atoms with E-state index in [1.807, 2.05) is 0 Å². The Labute approximate surface area is 109 Å². The first-order valence-corrected chi connectivity index (χ1v) is 7.20. The van der Waals surface area contributed by atoms with Gasteiger partial charge in [-0.25, -0.2) is 8.42 Å². The number of carboxylic acids is 1. The fourth-order valence-corrected chi connectivity index (χ4v) is 3.30. The number of benzene rings is 1. The first-order valence-electron chi connectivity index (χ1n) is 5.38. The molecule has 0 saturated carbocycles. The molecule has 0 radical (unpaired) electrons. The number of hydrogen-bond acceptors (Lipinski definition) is 5. The molecule has 0 aliphatic carbocycles. The highest BCUT2D eigenvalue weighted by molar-refractivity contribution is 7.90. The van der Waals surface area contributed by atoms with Crippen molar-refractivity contribution in [3.8, 4) is 0 Å². The quantitative estimate of drug-likeness (QED) is 0.621. The van der Waals surface area contributed by atoms with Crippen LogP contribution in [0.2, 0.25) is 0 Å². The minimum Gasteiger partial charge on any atom is -0.481 e. The van der Waals surface area contributed by atoms with Gasteiger partial charge in [0.05, 0.1) is 22.3 Å². The molecule has 0 bridgehead atoms. The van der Waals surface area contributed by atoms with E-state index in [-0.39, 0.29) is 11.3 Å². The predicted octanol–water partition coefficient (Wildman–Crippen LogP) is 1.23. The van der Waals surface area contributed by atoms with Gasteiger partial charge in [0.25, 0.3) is 5.69 Å². The zero-order valence-corrected chi connectivity index (χ0v) is 11.0. The molecule has 1 aromatic carbocycles. The van der Waals surface area contributed by atoms with Crippen LogP contribution in [0.4, 0.5) is 5.69 Å². The molecule has 1 aromatic rings. The molecular formula is C11H13NO6S. The summed E-state index contributed by atoms with van der Waals surface area (Å²) in [5.74, 6) is -3.35. The van der Waals surface area contributed by atoms with Crippen molar-refractivity contribution in [1.82, 2.24) is 0 Å². The van der Waals surface area contributed by atoms with Gasteiger partial charge < -0.3 is 5.11 Å². The van der Waals surface area contributed by atoms with E-state index in [4.69, 9.17) is 5.11 Å². The zero-order chi connectivity index (χ0) is 14.6. The van der Waals surface area contributed by atoms with E-state index in [2.05, 4.69) is 0 Å². The number of rotatable bonds is 6. The third kappa shape index (κ3) is 4.32. The number of hydrogen-bond donors (Lipinski definition) is 1. The van der Waals surface area contributed by atoms with E-state index in [0.717, 1.165) is 0 Å². The molecule has 0 amide bonds. The van der Waals surface area contributed by atoms with Crippen LogP contribution in [0.15, 0.2) is 24.3 Å². The van der Waals surface area contributed by atoms with Crippen LogP contribution in [0.3, 0.4) is 0 Å². The Balaban J connectivity index is 2.96. The van der Waals surface area contributed by atoms with Crippen molar-refractivity contribution >= 4 is 21.5 Å². The topological polar surface area (TPSA) is 115 Å². The zero-order valence-electron chi connectivity index (χ0n) is 10.1. The lowest BCUT2D eigenvalue weighted by Gasteiger charge is -2.08. The SMILES string of the molecule is CC(CS(=O)(=O)Cc1ccccc1[N+](=O)[O-])C(=O)O. The van der Waals surface area contributed by atoms with E-state index in [0.29, 0.717) is 0 Å². The fraction of sp³-hybridized carbons (Fsp3) is 0.364. The van der Waals surface area contributed by atoms with Crippen LogP contribution in [0, 0.1) is 16.0 Å². The predicted molar refractivity (Wildman–Crippen MR) is 67.4 cm³/mol. The van der Waals surface area contributed by atoms with Crippen molar-refractivity contribution in [2.24, 2.45) is 5.92 Å². The van der Waals surface area contributed by atoms with Crippen molar-refractivity contribution in [3.63, 3.8) is 0 Å². The van der Waals surface area contributed by atoms with Gasteiger partial charge in [-0.05, 0) is 0 Å². The summed E-state index contributed by atoms with van der Waals surface area (Å²) in [5, 5.41) is 19.4. The summed E-state index contributed by atoms with van der Waals surface area (Å²) in [6.07, 6.45) is 0. The average Bonchev–Trinajstić information content (AvgIpc) is 2.27. The van der Waals surface area contributed by atoms with Crippen molar-refractivity contribution in [2.75, 3.05) is 5.75 Å². The molecule has 0 aliphatic rings. The molecule has 0 aromatic heterocycles. The minimum absolute atomic E-state index is 0.0603. The number of carboxylic acid groups (broad SMARTS) is 1. The molecule has 1 rings (SSSR count). The third-order valence-corrected chi connectivity index (χ3v) is 4.25. The molecule has 0 saturated heterocycles. The van der Waals surface area contributed by atoms with Crippen molar-refractivity contribution in [3.05, 3.63) is 39.9 Å². The summed E-state index contributed by atoms with van der Waals surface area (Å²) in [4.78, 5) is 20.7. The van der Waals surface area contributed by atoms with E-state index in [1.165, 1.54) is 31.2 Å². The molecule has 1 unspecified atom stereocenters. The monoisotopic (exact) mass is 287 g/mol. The molecule has 0 spiro atoms. The van der Waals surface area contributed by atoms with Crippen LogP contribution in [0.25, 0.3) is 0 Å². The van der Waals surface area contributed by atoms with Crippen molar-refractivity contribution in [2.45, 2.75) is 12.7 Å². The first kappa shape index (κ1) is 15.1. The van der Waals surface area contributed by atoms with Gasteiger partial charge in [0.1, 0.15) is 0 Å². The Morgan fingerprint density at radius 1 is 1.42 bits per heavy atom. The lowest BCUT2D eigenvalue weighted by Crippen LogP contribution is -2.22. The molecule has 19 heavy (non-hydrogen) atoms. The van der Waals surface area contributed by atoms with Crippen molar-refractivity contribution < 1.29 is 23.2 Å². The number of nitro benzene ring substituents is 1. The molecule has 0 fully saturated rings. The lowest BCUT2D eigenvalue weighted by molar-refractivity contribution is -0.385. The number of aliphatic carboxylic acids is 1. The van der Waals surface area contributed by atoms with E-state index in [1.54, 1.807) is 0 Å². The van der Waals surface area contributed by atoms with Gasteiger partial charge in [-0.1, -0.05) is 25.1 Å². The molecular weight excluding hydrogens is 274 g/mol. The van der Waals surface area contributed by atoms with Crippen LogP contribution in [-0.2, 0) is 20.4 Å². The van der Waals surface area contributed by atoms with Gasteiger partial charge in [0, 0.05) is 11.6 Å². The normalized spacial score (nSPS) is 12.9. The molecule has 0 heterocycles. The standard InChI is InChI=1S/C11H13NO6S/c1-8(11(13)14)6-19(17,18)7-9-4-2-3-5-10(9)12(15)16/h2-5,8H,6-7H2,1H3,(H,13,14). The second kappa shape index (κ2) is 5.79. The number of para-hydroxylation sites is 1. The van der Waals surface area contributed by atoms with Crippen LogP contribution in [0.5, 0.6) is 0 Å². The van der Waals surface area contributed by atoms with Crippen LogP contribution >= 0.6 is 0 Å². The van der Waals surface area contributed by atoms with Gasteiger partial charge in [0.15, 0.2) is 9.84 Å². The van der Waals surface area contributed by atoms with Gasteiger partial charge in [-0.2, -0.15) is 0 Å². The van der Waals surface area contributed by atoms with Crippen LogP contribution in [0.1, 0.15) is 12.5 Å². The highest BCUT2D eigenvalue weighted by atomic mass is 32.2. The van der Waals surface area contributed by atoms with E-state index < -0.39 is 38.2 Å². The number of sulfone groups is 1. The second-order valence-electron chi connectivity index (χ2n) is 4.18. The van der Waals surface area contributed by atoms with Gasteiger partial charge >= 0.3 is 5.97 Å². The Morgan fingerprint density at radius 2 is 2.00 bits per heavy atom. The third-order valence-electron chi connectivity index (χ3n) is 2.49. The molecule has 1 atom stereocenters. The summed E-state index contributed by atoms with van der Waals surface area (Å²) >= 11 is 0. The highest BCUT2D eigenvalue weighted by Crippen LogP contribution is 2.21. The van der Waals surface area contributed by atoms with Crippen molar-refractivity contribution in [1.29, 1.82) is 0 Å². The average molecular weight is 287 g/mol. The maximum Gasteiger partial charge on any atom is 0.307 e. The van der Waals surface area contributed by atoms with Crippen LogP contribution in [-0.4, -0.2) is 30.2 Å². The van der Waals surface area contributed by atoms with E-state index >= 15 is 0 Å². The highest BCUT2D eigenvalue weighted by Gasteiger charge is 2.24. The Morgan fingerprint density at radius 3 is 2.53 bits per heavy atom.